The minimum Gasteiger partial charge on any atom is -0.481 e. The molecule has 3 fully saturated rings. The van der Waals surface area contributed by atoms with Crippen LogP contribution in [0.2, 0.25) is 0 Å². The lowest BCUT2D eigenvalue weighted by Crippen LogP contribution is -2.51. The van der Waals surface area contributed by atoms with Crippen LogP contribution in [0, 0.1) is 58.2 Å². The van der Waals surface area contributed by atoms with Crippen molar-refractivity contribution in [3.63, 3.8) is 0 Å². The van der Waals surface area contributed by atoms with Crippen LogP contribution in [0.25, 0.3) is 0 Å². The average Bonchev–Trinajstić information content (AvgIpc) is 3.49. The average molecular weight is 509 g/mol. The van der Waals surface area contributed by atoms with Gasteiger partial charge < -0.3 is 10.1 Å². The summed E-state index contributed by atoms with van der Waals surface area (Å²) in [5.74, 6) is 4.33. The van der Waals surface area contributed by atoms with Crippen LogP contribution in [0.15, 0.2) is 24.2 Å². The lowest BCUT2D eigenvalue weighted by atomic mass is 9.46. The van der Waals surface area contributed by atoms with Crippen LogP contribution in [-0.2, 0) is 11.2 Å². The monoisotopic (exact) mass is 508 g/mol. The molecule has 9 atom stereocenters. The molecule has 1 heterocycles. The van der Waals surface area contributed by atoms with E-state index in [2.05, 4.69) is 50.7 Å². The molecule has 0 aromatic carbocycles. The first-order chi connectivity index (χ1) is 17.6. The van der Waals surface area contributed by atoms with Crippen molar-refractivity contribution in [1.29, 1.82) is 0 Å². The smallest absolute Gasteiger partial charge is 0.307 e. The number of aromatic nitrogens is 2. The number of carboxylic acid groups (broad SMARTS) is 1. The minimum atomic E-state index is -0.648. The van der Waals surface area contributed by atoms with Crippen molar-refractivity contribution < 1.29 is 9.90 Å². The number of H-pyrrole nitrogens is 1. The standard InChI is InChI=1S/C33H52N2O2/c1-21(2)7-6-8-22(3)28-11-12-29-26-10-9-24-17-23(27(31(36)37)18-25-19-34-20-35-25)13-15-32(24,4)30(26)14-16-33(28,29)5/h9,19-23,26-30H,6-8,10-18H2,1-5H3,(H,34,35)(H,36,37)/t22-,23?,26?,27?,28?,29?,30?,32?,33?/m1/s1. The van der Waals surface area contributed by atoms with Gasteiger partial charge in [-0.25, -0.2) is 4.98 Å². The Hall–Kier alpha value is -1.58. The highest BCUT2D eigenvalue weighted by Crippen LogP contribution is 2.67. The molecule has 206 valence electrons. The number of aliphatic carboxylic acids is 1. The van der Waals surface area contributed by atoms with E-state index in [0.717, 1.165) is 60.5 Å². The lowest BCUT2D eigenvalue weighted by molar-refractivity contribution is -0.144. The summed E-state index contributed by atoms with van der Waals surface area (Å²) in [4.78, 5) is 19.5. The molecule has 0 amide bonds. The van der Waals surface area contributed by atoms with E-state index in [1.165, 1.54) is 51.4 Å². The minimum absolute atomic E-state index is 0.230. The number of carboxylic acids is 1. The Morgan fingerprint density at radius 1 is 1.11 bits per heavy atom. The lowest BCUT2D eigenvalue weighted by Gasteiger charge is -2.59. The molecule has 0 bridgehead atoms. The number of carbonyl (C=O) groups is 1. The predicted molar refractivity (Wildman–Crippen MR) is 150 cm³/mol. The van der Waals surface area contributed by atoms with Gasteiger partial charge in [0.25, 0.3) is 0 Å². The maximum Gasteiger partial charge on any atom is 0.307 e. The van der Waals surface area contributed by atoms with E-state index in [-0.39, 0.29) is 17.3 Å². The molecule has 0 aliphatic heterocycles. The second-order valence-corrected chi connectivity index (χ2v) is 14.5. The molecule has 8 unspecified atom stereocenters. The van der Waals surface area contributed by atoms with Gasteiger partial charge in [-0.05, 0) is 104 Å². The Balaban J connectivity index is 1.29. The Morgan fingerprint density at radius 3 is 2.62 bits per heavy atom. The van der Waals surface area contributed by atoms with Crippen LogP contribution in [0.4, 0.5) is 0 Å². The summed E-state index contributed by atoms with van der Waals surface area (Å²) in [7, 11) is 0. The van der Waals surface area contributed by atoms with Crippen molar-refractivity contribution in [1.82, 2.24) is 9.97 Å². The Labute approximate surface area is 225 Å². The first-order valence-corrected chi connectivity index (χ1v) is 15.5. The molecule has 5 rings (SSSR count). The zero-order valence-electron chi connectivity index (χ0n) is 24.1. The Morgan fingerprint density at radius 2 is 1.92 bits per heavy atom. The first kappa shape index (κ1) is 27.0. The summed E-state index contributed by atoms with van der Waals surface area (Å²) in [5.41, 5.74) is 3.34. The molecule has 4 heteroatoms. The van der Waals surface area contributed by atoms with Gasteiger partial charge in [0.15, 0.2) is 0 Å². The summed E-state index contributed by atoms with van der Waals surface area (Å²) in [5, 5.41) is 10.1. The molecule has 0 radical (unpaired) electrons. The van der Waals surface area contributed by atoms with Crippen LogP contribution < -0.4 is 0 Å². The number of imidazole rings is 1. The van der Waals surface area contributed by atoms with Crippen molar-refractivity contribution in [3.8, 4) is 0 Å². The topological polar surface area (TPSA) is 66.0 Å². The summed E-state index contributed by atoms with van der Waals surface area (Å²) >= 11 is 0. The molecule has 1 aromatic heterocycles. The van der Waals surface area contributed by atoms with Crippen LogP contribution >= 0.6 is 0 Å². The molecule has 4 nitrogen and oxygen atoms in total. The SMILES string of the molecule is CC(C)CCC[C@@H](C)C1CCC2C3CC=C4CC(C(Cc5cnc[nH]5)C(=O)O)CCC4(C)C3CCC21C. The molecular weight excluding hydrogens is 456 g/mol. The number of hydrogen-bond acceptors (Lipinski definition) is 2. The third kappa shape index (κ3) is 4.96. The number of nitrogens with zero attached hydrogens (tertiary/aromatic N) is 1. The van der Waals surface area contributed by atoms with Gasteiger partial charge in [-0.3, -0.25) is 4.79 Å². The summed E-state index contributed by atoms with van der Waals surface area (Å²) in [6, 6.07) is 0. The van der Waals surface area contributed by atoms with Crippen LogP contribution in [0.5, 0.6) is 0 Å². The highest BCUT2D eigenvalue weighted by atomic mass is 16.4. The zero-order chi connectivity index (χ0) is 26.4. The summed E-state index contributed by atoms with van der Waals surface area (Å²) < 4.78 is 0. The molecule has 1 aromatic rings. The molecule has 0 saturated heterocycles. The van der Waals surface area contributed by atoms with E-state index in [9.17, 15) is 9.90 Å². The normalized spacial score (nSPS) is 38.9. The molecule has 4 aliphatic carbocycles. The van der Waals surface area contributed by atoms with Gasteiger partial charge >= 0.3 is 5.97 Å². The number of fused-ring (bicyclic) bond motifs is 5. The highest BCUT2D eigenvalue weighted by Gasteiger charge is 2.59. The van der Waals surface area contributed by atoms with Gasteiger partial charge in [-0.15, -0.1) is 0 Å². The number of aromatic amines is 1. The maximum absolute atomic E-state index is 12.3. The molecule has 4 aliphatic rings. The third-order valence-corrected chi connectivity index (χ3v) is 12.2. The van der Waals surface area contributed by atoms with Gasteiger partial charge in [0.2, 0.25) is 0 Å². The Bertz CT molecular complexity index is 967. The van der Waals surface area contributed by atoms with E-state index >= 15 is 0 Å². The first-order valence-electron chi connectivity index (χ1n) is 15.5. The van der Waals surface area contributed by atoms with Crippen LogP contribution in [-0.4, -0.2) is 21.0 Å². The van der Waals surface area contributed by atoms with E-state index in [4.69, 9.17) is 0 Å². The van der Waals surface area contributed by atoms with E-state index < -0.39 is 5.97 Å². The number of rotatable bonds is 9. The highest BCUT2D eigenvalue weighted by molar-refractivity contribution is 5.70. The van der Waals surface area contributed by atoms with Crippen molar-refractivity contribution in [2.45, 2.75) is 112 Å². The van der Waals surface area contributed by atoms with Crippen LogP contribution in [0.1, 0.15) is 111 Å². The molecule has 2 N–H and O–H groups in total. The van der Waals surface area contributed by atoms with Gasteiger partial charge in [-0.2, -0.15) is 0 Å². The third-order valence-electron chi connectivity index (χ3n) is 12.2. The molecule has 3 saturated carbocycles. The van der Waals surface area contributed by atoms with Gasteiger partial charge in [0, 0.05) is 18.3 Å². The number of allylic oxidation sites excluding steroid dienone is 2. The summed E-state index contributed by atoms with van der Waals surface area (Å²) in [6.45, 7) is 12.5. The van der Waals surface area contributed by atoms with Crippen molar-refractivity contribution in [2.24, 2.45) is 58.2 Å². The largest absolute Gasteiger partial charge is 0.481 e. The molecular formula is C33H52N2O2. The number of nitrogens with one attached hydrogen (secondary N) is 1. The van der Waals surface area contributed by atoms with E-state index in [1.807, 2.05) is 0 Å². The predicted octanol–water partition coefficient (Wildman–Crippen LogP) is 8.31. The number of hydrogen-bond donors (Lipinski definition) is 2. The second kappa shape index (κ2) is 10.5. The fourth-order valence-corrected chi connectivity index (χ4v) is 10.1. The van der Waals surface area contributed by atoms with Gasteiger partial charge in [0.1, 0.15) is 0 Å². The fourth-order valence-electron chi connectivity index (χ4n) is 10.1. The fraction of sp³-hybridized carbons (Fsp3) is 0.818. The molecule has 0 spiro atoms. The van der Waals surface area contributed by atoms with Crippen molar-refractivity contribution in [3.05, 3.63) is 29.9 Å². The van der Waals surface area contributed by atoms with E-state index in [1.54, 1.807) is 18.1 Å². The van der Waals surface area contributed by atoms with Gasteiger partial charge in [-0.1, -0.05) is 65.5 Å². The Kier molecular flexibility index (Phi) is 7.69. The zero-order valence-corrected chi connectivity index (χ0v) is 24.1. The summed E-state index contributed by atoms with van der Waals surface area (Å²) in [6.07, 6.45) is 20.9. The van der Waals surface area contributed by atoms with Crippen molar-refractivity contribution >= 4 is 5.97 Å². The quantitative estimate of drug-likeness (QED) is 0.330. The van der Waals surface area contributed by atoms with Crippen LogP contribution in [0.3, 0.4) is 0 Å². The van der Waals surface area contributed by atoms with E-state index in [0.29, 0.717) is 11.8 Å². The van der Waals surface area contributed by atoms with Gasteiger partial charge in [0.05, 0.1) is 12.2 Å². The second-order valence-electron chi connectivity index (χ2n) is 14.5. The van der Waals surface area contributed by atoms with Crippen molar-refractivity contribution in [2.75, 3.05) is 0 Å². The maximum atomic E-state index is 12.3. The molecule has 37 heavy (non-hydrogen) atoms.